The average Bonchev–Trinajstić information content (AvgIpc) is 2.91. The topological polar surface area (TPSA) is 57.5 Å². The van der Waals surface area contributed by atoms with E-state index in [1.807, 2.05) is 43.3 Å². The molecule has 1 heterocycles. The molecule has 5 heteroatoms. The van der Waals surface area contributed by atoms with Crippen molar-refractivity contribution in [2.75, 3.05) is 0 Å². The summed E-state index contributed by atoms with van der Waals surface area (Å²) in [4.78, 5) is 0. The van der Waals surface area contributed by atoms with Gasteiger partial charge in [0.25, 0.3) is 0 Å². The Bertz CT molecular complexity index is 852. The molecule has 0 aliphatic carbocycles. The maximum absolute atomic E-state index is 11.0. The van der Waals surface area contributed by atoms with E-state index in [-0.39, 0.29) is 12.4 Å². The highest BCUT2D eigenvalue weighted by atomic mass is 32.2. The monoisotopic (exact) mass is 332 g/mol. The van der Waals surface area contributed by atoms with E-state index in [2.05, 4.69) is 5.38 Å². The van der Waals surface area contributed by atoms with Gasteiger partial charge in [0.15, 0.2) is 11.1 Å². The minimum atomic E-state index is -1.84. The van der Waals surface area contributed by atoms with Crippen molar-refractivity contribution in [2.24, 2.45) is 0 Å². The number of hydrogen-bond acceptors (Lipinski definition) is 3. The van der Waals surface area contributed by atoms with Crippen LogP contribution in [-0.4, -0.2) is 13.9 Å². The summed E-state index contributed by atoms with van der Waals surface area (Å²) in [7, 11) is 0. The van der Waals surface area contributed by atoms with Gasteiger partial charge in [-0.25, -0.2) is 4.21 Å². The molecular formula is C17H16O3S2. The maximum Gasteiger partial charge on any atom is 0.157 e. The third kappa shape index (κ3) is 2.98. The van der Waals surface area contributed by atoms with Crippen LogP contribution >= 0.6 is 11.3 Å². The molecular weight excluding hydrogens is 316 g/mol. The molecule has 3 nitrogen and oxygen atoms in total. The number of thiophene rings is 1. The first-order valence-electron chi connectivity index (χ1n) is 6.87. The van der Waals surface area contributed by atoms with E-state index in [0.717, 1.165) is 33.2 Å². The van der Waals surface area contributed by atoms with Gasteiger partial charge in [0.05, 0.1) is 12.4 Å². The zero-order valence-electron chi connectivity index (χ0n) is 12.1. The lowest BCUT2D eigenvalue weighted by atomic mass is 9.97. The molecule has 0 aliphatic rings. The molecule has 0 saturated carbocycles. The molecule has 114 valence electrons. The second kappa shape index (κ2) is 6.30. The summed E-state index contributed by atoms with van der Waals surface area (Å²) in [5.41, 5.74) is 5.04. The predicted molar refractivity (Wildman–Crippen MR) is 92.4 cm³/mol. The molecule has 0 amide bonds. The molecule has 0 spiro atoms. The normalized spacial score (nSPS) is 12.7. The van der Waals surface area contributed by atoms with Gasteiger partial charge in [0.2, 0.25) is 0 Å². The van der Waals surface area contributed by atoms with Crippen LogP contribution in [0.1, 0.15) is 16.7 Å². The number of fused-ring (bicyclic) bond motifs is 1. The highest BCUT2D eigenvalue weighted by molar-refractivity contribution is 7.78. The van der Waals surface area contributed by atoms with Crippen molar-refractivity contribution in [3.8, 4) is 11.1 Å². The van der Waals surface area contributed by atoms with Gasteiger partial charge in [-0.15, -0.1) is 11.3 Å². The average molecular weight is 332 g/mol. The van der Waals surface area contributed by atoms with Crippen LogP contribution in [0.15, 0.2) is 41.8 Å². The summed E-state index contributed by atoms with van der Waals surface area (Å²) >= 11 is -0.175. The predicted octanol–water partition coefficient (Wildman–Crippen LogP) is 4.09. The largest absolute Gasteiger partial charge is 0.392 e. The molecule has 3 rings (SSSR count). The molecule has 1 aromatic heterocycles. The lowest BCUT2D eigenvalue weighted by Crippen LogP contribution is -1.94. The minimum absolute atomic E-state index is 0.0216. The van der Waals surface area contributed by atoms with E-state index in [9.17, 15) is 9.32 Å². The SMILES string of the molecule is Cc1ccc(CS(=O)O)cc1-c1csc2ccc(CO)cc12. The number of rotatable bonds is 4. The first kappa shape index (κ1) is 15.4. The molecule has 22 heavy (non-hydrogen) atoms. The van der Waals surface area contributed by atoms with E-state index in [4.69, 9.17) is 4.55 Å². The Hall–Kier alpha value is -1.53. The Morgan fingerprint density at radius 3 is 2.59 bits per heavy atom. The number of hydrogen-bond donors (Lipinski definition) is 2. The summed E-state index contributed by atoms with van der Waals surface area (Å²) in [6.07, 6.45) is 0. The Morgan fingerprint density at radius 2 is 1.86 bits per heavy atom. The van der Waals surface area contributed by atoms with Gasteiger partial charge in [-0.1, -0.05) is 18.2 Å². The van der Waals surface area contributed by atoms with Crippen LogP contribution in [0.5, 0.6) is 0 Å². The van der Waals surface area contributed by atoms with Crippen LogP contribution < -0.4 is 0 Å². The molecule has 0 radical (unpaired) electrons. The summed E-state index contributed by atoms with van der Waals surface area (Å²) in [6, 6.07) is 11.8. The van der Waals surface area contributed by atoms with Gasteiger partial charge in [-0.2, -0.15) is 0 Å². The fourth-order valence-electron chi connectivity index (χ4n) is 2.57. The van der Waals surface area contributed by atoms with Crippen LogP contribution in [0.25, 0.3) is 21.2 Å². The third-order valence-corrected chi connectivity index (χ3v) is 5.25. The Balaban J connectivity index is 2.16. The van der Waals surface area contributed by atoms with Crippen molar-refractivity contribution in [1.82, 2.24) is 0 Å². The summed E-state index contributed by atoms with van der Waals surface area (Å²) < 4.78 is 21.3. The summed E-state index contributed by atoms with van der Waals surface area (Å²) in [5.74, 6) is 0.136. The van der Waals surface area contributed by atoms with Crippen LogP contribution in [0, 0.1) is 6.92 Å². The zero-order chi connectivity index (χ0) is 15.7. The first-order chi connectivity index (χ1) is 10.6. The fraction of sp³-hybridized carbons (Fsp3) is 0.176. The van der Waals surface area contributed by atoms with Gasteiger partial charge in [-0.3, -0.25) is 0 Å². The van der Waals surface area contributed by atoms with Crippen molar-refractivity contribution < 1.29 is 13.9 Å². The highest BCUT2D eigenvalue weighted by Gasteiger charge is 2.11. The zero-order valence-corrected chi connectivity index (χ0v) is 13.7. The van der Waals surface area contributed by atoms with Crippen molar-refractivity contribution in [3.05, 3.63) is 58.5 Å². The van der Waals surface area contributed by atoms with Gasteiger partial charge in [0, 0.05) is 15.6 Å². The minimum Gasteiger partial charge on any atom is -0.392 e. The standard InChI is InChI=1S/C17H16O3S2/c1-11-2-3-13(10-22(19)20)7-14(11)16-9-21-17-5-4-12(8-18)6-15(16)17/h2-7,9,18H,8,10H2,1H3,(H,19,20). The number of benzene rings is 2. The van der Waals surface area contributed by atoms with E-state index in [1.54, 1.807) is 11.3 Å². The molecule has 0 aliphatic heterocycles. The lowest BCUT2D eigenvalue weighted by Gasteiger charge is -2.08. The summed E-state index contributed by atoms with van der Waals surface area (Å²) in [5, 5.41) is 12.6. The van der Waals surface area contributed by atoms with Crippen LogP contribution in [0.2, 0.25) is 0 Å². The van der Waals surface area contributed by atoms with Crippen molar-refractivity contribution in [2.45, 2.75) is 19.3 Å². The van der Waals surface area contributed by atoms with Crippen molar-refractivity contribution >= 4 is 32.5 Å². The molecule has 1 unspecified atom stereocenters. The number of aliphatic hydroxyl groups excluding tert-OH is 1. The number of aliphatic hydroxyl groups is 1. The molecule has 1 atom stereocenters. The molecule has 0 saturated heterocycles. The van der Waals surface area contributed by atoms with Crippen LogP contribution in [0.3, 0.4) is 0 Å². The first-order valence-corrected chi connectivity index (χ1v) is 9.02. The van der Waals surface area contributed by atoms with E-state index in [1.165, 1.54) is 4.70 Å². The second-order valence-electron chi connectivity index (χ2n) is 5.25. The molecule has 0 fully saturated rings. The van der Waals surface area contributed by atoms with Gasteiger partial charge in [-0.05, 0) is 52.8 Å². The van der Waals surface area contributed by atoms with Crippen molar-refractivity contribution in [3.63, 3.8) is 0 Å². The molecule has 3 aromatic rings. The molecule has 2 N–H and O–H groups in total. The maximum atomic E-state index is 11.0. The fourth-order valence-corrected chi connectivity index (χ4v) is 3.98. The lowest BCUT2D eigenvalue weighted by molar-refractivity contribution is 0.282. The second-order valence-corrected chi connectivity index (χ2v) is 7.10. The Kier molecular flexibility index (Phi) is 4.40. The molecule has 2 aromatic carbocycles. The molecule has 0 bridgehead atoms. The van der Waals surface area contributed by atoms with Crippen LogP contribution in [-0.2, 0) is 23.4 Å². The van der Waals surface area contributed by atoms with Crippen LogP contribution in [0.4, 0.5) is 0 Å². The quantitative estimate of drug-likeness (QED) is 0.708. The Morgan fingerprint density at radius 1 is 1.09 bits per heavy atom. The highest BCUT2D eigenvalue weighted by Crippen LogP contribution is 2.36. The van der Waals surface area contributed by atoms with E-state index >= 15 is 0 Å². The van der Waals surface area contributed by atoms with Gasteiger partial charge < -0.3 is 9.66 Å². The number of aryl methyl sites for hydroxylation is 1. The Labute approximate surface area is 135 Å². The van der Waals surface area contributed by atoms with Crippen molar-refractivity contribution in [1.29, 1.82) is 0 Å². The third-order valence-electron chi connectivity index (χ3n) is 3.70. The van der Waals surface area contributed by atoms with E-state index in [0.29, 0.717) is 0 Å². The van der Waals surface area contributed by atoms with Gasteiger partial charge in [0.1, 0.15) is 0 Å². The summed E-state index contributed by atoms with van der Waals surface area (Å²) in [6.45, 7) is 2.06. The van der Waals surface area contributed by atoms with Gasteiger partial charge >= 0.3 is 0 Å². The van der Waals surface area contributed by atoms with E-state index < -0.39 is 11.1 Å². The smallest absolute Gasteiger partial charge is 0.157 e.